The van der Waals surface area contributed by atoms with Gasteiger partial charge in [0.15, 0.2) is 0 Å². The monoisotopic (exact) mass is 359 g/mol. The van der Waals surface area contributed by atoms with E-state index in [1.54, 1.807) is 0 Å². The Morgan fingerprint density at radius 2 is 2.09 bits per heavy atom. The molecule has 1 aromatic rings. The summed E-state index contributed by atoms with van der Waals surface area (Å²) in [6.07, 6.45) is 5.02. The molecule has 0 bridgehead atoms. The minimum absolute atomic E-state index is 0.0768. The quantitative estimate of drug-likeness (QED) is 0.849. The molecule has 1 aliphatic carbocycles. The van der Waals surface area contributed by atoms with Gasteiger partial charge in [-0.1, -0.05) is 24.4 Å². The molecule has 9 heteroatoms. The number of hydrogen-bond acceptors (Lipinski definition) is 5. The number of aromatic nitrogens is 1. The predicted molar refractivity (Wildman–Crippen MR) is 84.5 cm³/mol. The van der Waals surface area contributed by atoms with Gasteiger partial charge >= 0.3 is 5.97 Å². The van der Waals surface area contributed by atoms with Crippen LogP contribution in [0.15, 0.2) is 17.2 Å². The number of carboxylic acids is 1. The second kappa shape index (κ2) is 5.92. The maximum Gasteiger partial charge on any atom is 0.322 e. The van der Waals surface area contributed by atoms with Crippen LogP contribution < -0.4 is 5.73 Å². The highest BCUT2D eigenvalue weighted by molar-refractivity contribution is 7.89. The summed E-state index contributed by atoms with van der Waals surface area (Å²) < 4.78 is 27.3. The van der Waals surface area contributed by atoms with Gasteiger partial charge in [0.1, 0.15) is 16.8 Å². The lowest BCUT2D eigenvalue weighted by Gasteiger charge is -2.32. The minimum atomic E-state index is -4.08. The zero-order valence-corrected chi connectivity index (χ0v) is 13.9. The van der Waals surface area contributed by atoms with Gasteiger partial charge in [0.2, 0.25) is 10.0 Å². The Morgan fingerprint density at radius 1 is 1.39 bits per heavy atom. The van der Waals surface area contributed by atoms with Crippen molar-refractivity contribution >= 4 is 33.4 Å². The molecule has 0 radical (unpaired) electrons. The highest BCUT2D eigenvalue weighted by Gasteiger charge is 2.51. The van der Waals surface area contributed by atoms with Crippen molar-refractivity contribution in [2.24, 2.45) is 5.92 Å². The summed E-state index contributed by atoms with van der Waals surface area (Å²) in [7, 11) is -4.08. The molecule has 0 aromatic carbocycles. The normalized spacial score (nSPS) is 28.5. The number of sulfonamides is 1. The molecule has 3 rings (SSSR count). The molecule has 2 aliphatic rings. The third-order valence-electron chi connectivity index (χ3n) is 4.72. The van der Waals surface area contributed by atoms with E-state index in [9.17, 15) is 18.3 Å². The summed E-state index contributed by atoms with van der Waals surface area (Å²) in [4.78, 5) is 15.2. The summed E-state index contributed by atoms with van der Waals surface area (Å²) >= 11 is 5.85. The zero-order chi connectivity index (χ0) is 16.8. The van der Waals surface area contributed by atoms with Crippen molar-refractivity contribution in [1.82, 2.24) is 9.29 Å². The topological polar surface area (TPSA) is 114 Å². The van der Waals surface area contributed by atoms with Crippen LogP contribution in [0, 0.1) is 5.92 Å². The Morgan fingerprint density at radius 3 is 2.78 bits per heavy atom. The Balaban J connectivity index is 2.08. The van der Waals surface area contributed by atoms with Crippen LogP contribution in [0.5, 0.6) is 0 Å². The Bertz CT molecular complexity index is 740. The number of aliphatic carboxylic acids is 1. The zero-order valence-electron chi connectivity index (χ0n) is 12.4. The molecule has 1 saturated carbocycles. The van der Waals surface area contributed by atoms with E-state index >= 15 is 0 Å². The fraction of sp³-hybridized carbons (Fsp3) is 0.571. The fourth-order valence-corrected chi connectivity index (χ4v) is 5.91. The van der Waals surface area contributed by atoms with Gasteiger partial charge < -0.3 is 10.8 Å². The Kier molecular flexibility index (Phi) is 4.24. The van der Waals surface area contributed by atoms with Gasteiger partial charge in [-0.05, 0) is 31.2 Å². The van der Waals surface area contributed by atoms with Crippen LogP contribution in [-0.2, 0) is 14.8 Å². The number of halogens is 1. The largest absolute Gasteiger partial charge is 0.480 e. The number of carbonyl (C=O) groups is 1. The fourth-order valence-electron chi connectivity index (χ4n) is 3.73. The highest BCUT2D eigenvalue weighted by atomic mass is 35.5. The van der Waals surface area contributed by atoms with Crippen LogP contribution in [0.25, 0.3) is 0 Å². The van der Waals surface area contributed by atoms with E-state index in [1.165, 1.54) is 12.3 Å². The van der Waals surface area contributed by atoms with Gasteiger partial charge in [0, 0.05) is 12.2 Å². The third kappa shape index (κ3) is 2.79. The molecule has 0 spiro atoms. The number of carboxylic acid groups (broad SMARTS) is 1. The van der Waals surface area contributed by atoms with Gasteiger partial charge in [-0.3, -0.25) is 4.79 Å². The molecule has 3 unspecified atom stereocenters. The number of pyridine rings is 1. The lowest BCUT2D eigenvalue weighted by Crippen LogP contribution is -2.46. The summed E-state index contributed by atoms with van der Waals surface area (Å²) in [5.41, 5.74) is 5.71. The number of rotatable bonds is 3. The minimum Gasteiger partial charge on any atom is -0.480 e. The predicted octanol–water partition coefficient (Wildman–Crippen LogP) is 1.72. The molecule has 1 aromatic heterocycles. The lowest BCUT2D eigenvalue weighted by atomic mass is 9.85. The maximum absolute atomic E-state index is 13.1. The average molecular weight is 360 g/mol. The first-order chi connectivity index (χ1) is 10.8. The number of nitrogen functional groups attached to an aromatic ring is 1. The van der Waals surface area contributed by atoms with E-state index in [4.69, 9.17) is 17.3 Å². The highest BCUT2D eigenvalue weighted by Crippen LogP contribution is 2.43. The van der Waals surface area contributed by atoms with Crippen molar-refractivity contribution in [1.29, 1.82) is 0 Å². The Hall–Kier alpha value is -1.38. The van der Waals surface area contributed by atoms with Crippen molar-refractivity contribution in [3.05, 3.63) is 17.3 Å². The van der Waals surface area contributed by atoms with Gasteiger partial charge in [0.25, 0.3) is 0 Å². The lowest BCUT2D eigenvalue weighted by molar-refractivity contribution is -0.141. The first-order valence-electron chi connectivity index (χ1n) is 7.49. The van der Waals surface area contributed by atoms with Crippen molar-refractivity contribution in [3.63, 3.8) is 0 Å². The number of hydrogen-bond donors (Lipinski definition) is 2. The molecule has 1 aliphatic heterocycles. The van der Waals surface area contributed by atoms with E-state index in [1.807, 2.05) is 0 Å². The van der Waals surface area contributed by atoms with E-state index in [2.05, 4.69) is 4.98 Å². The molecule has 23 heavy (non-hydrogen) atoms. The second-order valence-electron chi connectivity index (χ2n) is 6.07. The SMILES string of the molecule is Nc1ncc(Cl)cc1S(=O)(=O)N1C(C(=O)O)CC2CCCCC21. The molecule has 3 N–H and O–H groups in total. The number of anilines is 1. The molecule has 1 saturated heterocycles. The van der Waals surface area contributed by atoms with Crippen LogP contribution in [0.4, 0.5) is 5.82 Å². The van der Waals surface area contributed by atoms with Crippen LogP contribution >= 0.6 is 11.6 Å². The first kappa shape index (κ1) is 16.5. The molecule has 2 fully saturated rings. The molecule has 0 amide bonds. The summed E-state index contributed by atoms with van der Waals surface area (Å²) in [5, 5.41) is 9.63. The van der Waals surface area contributed by atoms with Crippen molar-refractivity contribution in [2.45, 2.75) is 49.1 Å². The average Bonchev–Trinajstić information content (AvgIpc) is 2.90. The Labute approximate surface area is 139 Å². The molecular formula is C14H18ClN3O4S. The number of nitrogens with zero attached hydrogens (tertiary/aromatic N) is 2. The molecule has 2 heterocycles. The van der Waals surface area contributed by atoms with E-state index in [0.29, 0.717) is 12.8 Å². The molecule has 3 atom stereocenters. The van der Waals surface area contributed by atoms with Crippen molar-refractivity contribution in [2.75, 3.05) is 5.73 Å². The number of nitrogens with two attached hydrogens (primary N) is 1. The van der Waals surface area contributed by atoms with Crippen LogP contribution in [0.1, 0.15) is 32.1 Å². The second-order valence-corrected chi connectivity index (χ2v) is 8.32. The van der Waals surface area contributed by atoms with Crippen LogP contribution in [-0.4, -0.2) is 40.9 Å². The first-order valence-corrected chi connectivity index (χ1v) is 9.31. The van der Waals surface area contributed by atoms with Crippen molar-refractivity contribution < 1.29 is 18.3 Å². The van der Waals surface area contributed by atoms with Gasteiger partial charge in [-0.2, -0.15) is 4.31 Å². The molecular weight excluding hydrogens is 342 g/mol. The molecule has 126 valence electrons. The van der Waals surface area contributed by atoms with Gasteiger partial charge in [-0.25, -0.2) is 13.4 Å². The van der Waals surface area contributed by atoms with Crippen LogP contribution in [0.3, 0.4) is 0 Å². The van der Waals surface area contributed by atoms with E-state index in [-0.39, 0.29) is 27.7 Å². The van der Waals surface area contributed by atoms with E-state index < -0.39 is 22.0 Å². The molecule has 7 nitrogen and oxygen atoms in total. The standard InChI is InChI=1S/C14H18ClN3O4S/c15-9-6-12(13(16)17-7-9)23(21,22)18-10-4-2-1-3-8(10)5-11(18)14(19)20/h6-8,10-11H,1-5H2,(H2,16,17)(H,19,20). The van der Waals surface area contributed by atoms with Crippen molar-refractivity contribution in [3.8, 4) is 0 Å². The maximum atomic E-state index is 13.1. The van der Waals surface area contributed by atoms with Gasteiger partial charge in [-0.15, -0.1) is 0 Å². The third-order valence-corrected chi connectivity index (χ3v) is 6.89. The smallest absolute Gasteiger partial charge is 0.322 e. The number of fused-ring (bicyclic) bond motifs is 1. The summed E-state index contributed by atoms with van der Waals surface area (Å²) in [6, 6.07) is -0.131. The summed E-state index contributed by atoms with van der Waals surface area (Å²) in [5.74, 6) is -1.22. The summed E-state index contributed by atoms with van der Waals surface area (Å²) in [6.45, 7) is 0. The van der Waals surface area contributed by atoms with Gasteiger partial charge in [0.05, 0.1) is 5.02 Å². The van der Waals surface area contributed by atoms with E-state index in [0.717, 1.165) is 23.6 Å². The van der Waals surface area contributed by atoms with Crippen LogP contribution in [0.2, 0.25) is 5.02 Å².